The van der Waals surface area contributed by atoms with Crippen molar-refractivity contribution in [2.45, 2.75) is 25.8 Å². The third kappa shape index (κ3) is 3.34. The number of rotatable bonds is 5. The number of aryl methyl sites for hydroxylation is 1. The lowest BCUT2D eigenvalue weighted by Crippen LogP contribution is -2.20. The standard InChI is InChI=1S/C17H23NO/c1-13-6-7-15-12-16(9-8-14(15)11-13)17(18(2)3)5-4-10-19/h6-9,11-12,17,19H,4-5,10H2,1-3H3. The second kappa shape index (κ2) is 6.18. The first kappa shape index (κ1) is 14.0. The summed E-state index contributed by atoms with van der Waals surface area (Å²) in [5, 5.41) is 11.6. The van der Waals surface area contributed by atoms with E-state index in [0.717, 1.165) is 12.8 Å². The summed E-state index contributed by atoms with van der Waals surface area (Å²) in [6.45, 7) is 2.38. The van der Waals surface area contributed by atoms with E-state index in [0.29, 0.717) is 6.04 Å². The lowest BCUT2D eigenvalue weighted by molar-refractivity contribution is 0.235. The summed E-state index contributed by atoms with van der Waals surface area (Å²) < 4.78 is 0. The summed E-state index contributed by atoms with van der Waals surface area (Å²) in [5.41, 5.74) is 2.62. The molecule has 0 aliphatic carbocycles. The van der Waals surface area contributed by atoms with Crippen LogP contribution in [0.2, 0.25) is 0 Å². The maximum absolute atomic E-state index is 9.03. The molecule has 1 atom stereocenters. The van der Waals surface area contributed by atoms with Crippen molar-refractivity contribution >= 4 is 10.8 Å². The van der Waals surface area contributed by atoms with Gasteiger partial charge in [-0.05, 0) is 56.3 Å². The van der Waals surface area contributed by atoms with Crippen LogP contribution < -0.4 is 0 Å². The molecule has 0 aliphatic heterocycles. The van der Waals surface area contributed by atoms with Crippen molar-refractivity contribution in [3.8, 4) is 0 Å². The van der Waals surface area contributed by atoms with Gasteiger partial charge < -0.3 is 10.0 Å². The molecule has 0 heterocycles. The molecule has 102 valence electrons. The third-order valence-electron chi connectivity index (χ3n) is 3.66. The molecule has 2 rings (SSSR count). The molecule has 0 fully saturated rings. The number of benzene rings is 2. The van der Waals surface area contributed by atoms with Crippen molar-refractivity contribution in [3.05, 3.63) is 47.5 Å². The van der Waals surface area contributed by atoms with Crippen LogP contribution in [0.4, 0.5) is 0 Å². The summed E-state index contributed by atoms with van der Waals surface area (Å²) in [6.07, 6.45) is 1.83. The maximum Gasteiger partial charge on any atom is 0.0431 e. The Bertz CT molecular complexity index is 548. The van der Waals surface area contributed by atoms with Crippen molar-refractivity contribution in [2.75, 3.05) is 20.7 Å². The minimum Gasteiger partial charge on any atom is -0.396 e. The number of nitrogens with zero attached hydrogens (tertiary/aromatic N) is 1. The fraction of sp³-hybridized carbons (Fsp3) is 0.412. The Kier molecular flexibility index (Phi) is 4.56. The highest BCUT2D eigenvalue weighted by Gasteiger charge is 2.13. The highest BCUT2D eigenvalue weighted by atomic mass is 16.2. The van der Waals surface area contributed by atoms with Crippen LogP contribution in [-0.4, -0.2) is 30.7 Å². The molecular weight excluding hydrogens is 234 g/mol. The molecule has 2 heteroatoms. The molecule has 0 amide bonds. The molecule has 0 aliphatic rings. The summed E-state index contributed by atoms with van der Waals surface area (Å²) >= 11 is 0. The van der Waals surface area contributed by atoms with Gasteiger partial charge in [0.15, 0.2) is 0 Å². The van der Waals surface area contributed by atoms with E-state index in [1.165, 1.54) is 21.9 Å². The fourth-order valence-corrected chi connectivity index (χ4v) is 2.60. The Hall–Kier alpha value is -1.38. The van der Waals surface area contributed by atoms with Crippen LogP contribution in [0.5, 0.6) is 0 Å². The van der Waals surface area contributed by atoms with Crippen LogP contribution in [0, 0.1) is 6.92 Å². The first-order valence-corrected chi connectivity index (χ1v) is 6.89. The molecule has 0 bridgehead atoms. The largest absolute Gasteiger partial charge is 0.396 e. The second-order valence-corrected chi connectivity index (χ2v) is 5.46. The maximum atomic E-state index is 9.03. The quantitative estimate of drug-likeness (QED) is 0.886. The van der Waals surface area contributed by atoms with Gasteiger partial charge in [-0.2, -0.15) is 0 Å². The van der Waals surface area contributed by atoms with Gasteiger partial charge in [0.05, 0.1) is 0 Å². The van der Waals surface area contributed by atoms with E-state index in [9.17, 15) is 0 Å². The predicted molar refractivity (Wildman–Crippen MR) is 81.4 cm³/mol. The normalized spacial score (nSPS) is 13.1. The lowest BCUT2D eigenvalue weighted by atomic mass is 9.97. The smallest absolute Gasteiger partial charge is 0.0431 e. The van der Waals surface area contributed by atoms with E-state index in [2.05, 4.69) is 62.3 Å². The molecule has 1 unspecified atom stereocenters. The Morgan fingerprint density at radius 2 is 1.74 bits per heavy atom. The number of hydrogen-bond acceptors (Lipinski definition) is 2. The van der Waals surface area contributed by atoms with Crippen molar-refractivity contribution in [2.24, 2.45) is 0 Å². The van der Waals surface area contributed by atoms with Gasteiger partial charge in [-0.3, -0.25) is 0 Å². The van der Waals surface area contributed by atoms with Gasteiger partial charge >= 0.3 is 0 Å². The molecule has 0 spiro atoms. The zero-order valence-corrected chi connectivity index (χ0v) is 12.1. The number of hydrogen-bond donors (Lipinski definition) is 1. The van der Waals surface area contributed by atoms with Gasteiger partial charge in [0.1, 0.15) is 0 Å². The van der Waals surface area contributed by atoms with Gasteiger partial charge in [0, 0.05) is 12.6 Å². The third-order valence-corrected chi connectivity index (χ3v) is 3.66. The Balaban J connectivity index is 2.34. The van der Waals surface area contributed by atoms with Crippen molar-refractivity contribution < 1.29 is 5.11 Å². The van der Waals surface area contributed by atoms with E-state index >= 15 is 0 Å². The first-order chi connectivity index (χ1) is 9.11. The van der Waals surface area contributed by atoms with Gasteiger partial charge in [0.2, 0.25) is 0 Å². The first-order valence-electron chi connectivity index (χ1n) is 6.89. The molecule has 2 aromatic rings. The van der Waals surface area contributed by atoms with Crippen LogP contribution in [0.25, 0.3) is 10.8 Å². The SMILES string of the molecule is Cc1ccc2cc(C(CCCO)N(C)C)ccc2c1. The lowest BCUT2D eigenvalue weighted by Gasteiger charge is -2.25. The summed E-state index contributed by atoms with van der Waals surface area (Å²) in [4.78, 5) is 2.23. The Labute approximate surface area is 115 Å². The van der Waals surface area contributed by atoms with Crippen LogP contribution in [0.3, 0.4) is 0 Å². The summed E-state index contributed by atoms with van der Waals surface area (Å²) in [7, 11) is 4.20. The van der Waals surface area contributed by atoms with E-state index in [4.69, 9.17) is 5.11 Å². The van der Waals surface area contributed by atoms with E-state index in [1.54, 1.807) is 0 Å². The van der Waals surface area contributed by atoms with E-state index in [1.807, 2.05) is 0 Å². The molecule has 0 saturated carbocycles. The fourth-order valence-electron chi connectivity index (χ4n) is 2.60. The molecule has 0 radical (unpaired) electrons. The molecule has 19 heavy (non-hydrogen) atoms. The van der Waals surface area contributed by atoms with E-state index in [-0.39, 0.29) is 6.61 Å². The highest BCUT2D eigenvalue weighted by molar-refractivity contribution is 5.83. The van der Waals surface area contributed by atoms with Crippen molar-refractivity contribution in [1.29, 1.82) is 0 Å². The predicted octanol–water partition coefficient (Wildman–Crippen LogP) is 3.52. The molecule has 0 aromatic heterocycles. The van der Waals surface area contributed by atoms with Crippen molar-refractivity contribution in [3.63, 3.8) is 0 Å². The van der Waals surface area contributed by atoms with Gasteiger partial charge in [-0.1, -0.05) is 35.9 Å². The molecule has 2 nitrogen and oxygen atoms in total. The average molecular weight is 257 g/mol. The zero-order chi connectivity index (χ0) is 13.8. The Morgan fingerprint density at radius 3 is 2.42 bits per heavy atom. The number of aliphatic hydroxyl groups is 1. The molecule has 2 aromatic carbocycles. The van der Waals surface area contributed by atoms with E-state index < -0.39 is 0 Å². The van der Waals surface area contributed by atoms with Crippen LogP contribution in [-0.2, 0) is 0 Å². The van der Waals surface area contributed by atoms with Gasteiger partial charge in [-0.15, -0.1) is 0 Å². The average Bonchev–Trinajstić information content (AvgIpc) is 2.39. The molecule has 1 N–H and O–H groups in total. The number of fused-ring (bicyclic) bond motifs is 1. The monoisotopic (exact) mass is 257 g/mol. The number of aliphatic hydroxyl groups excluding tert-OH is 1. The van der Waals surface area contributed by atoms with Gasteiger partial charge in [0.25, 0.3) is 0 Å². The topological polar surface area (TPSA) is 23.5 Å². The van der Waals surface area contributed by atoms with Gasteiger partial charge in [-0.25, -0.2) is 0 Å². The summed E-state index contributed by atoms with van der Waals surface area (Å²) in [6, 6.07) is 13.6. The second-order valence-electron chi connectivity index (χ2n) is 5.46. The molecule has 0 saturated heterocycles. The minimum atomic E-state index is 0.261. The highest BCUT2D eigenvalue weighted by Crippen LogP contribution is 2.27. The zero-order valence-electron chi connectivity index (χ0n) is 12.1. The van der Waals surface area contributed by atoms with Crippen molar-refractivity contribution in [1.82, 2.24) is 4.90 Å². The minimum absolute atomic E-state index is 0.261. The molecular formula is C17H23NO. The van der Waals surface area contributed by atoms with Crippen LogP contribution >= 0.6 is 0 Å². The van der Waals surface area contributed by atoms with Crippen LogP contribution in [0.1, 0.15) is 30.0 Å². The Morgan fingerprint density at radius 1 is 1.05 bits per heavy atom. The summed E-state index contributed by atoms with van der Waals surface area (Å²) in [5.74, 6) is 0. The van der Waals surface area contributed by atoms with Crippen LogP contribution in [0.15, 0.2) is 36.4 Å².